The van der Waals surface area contributed by atoms with Crippen molar-refractivity contribution in [1.29, 1.82) is 0 Å². The minimum Gasteiger partial charge on any atom is -0.485 e. The summed E-state index contributed by atoms with van der Waals surface area (Å²) in [6, 6.07) is 7.98. The van der Waals surface area contributed by atoms with E-state index in [-0.39, 0.29) is 12.4 Å². The normalized spacial score (nSPS) is 11.0. The van der Waals surface area contributed by atoms with Gasteiger partial charge in [0.1, 0.15) is 5.75 Å². The van der Waals surface area contributed by atoms with E-state index in [9.17, 15) is 4.79 Å². The molecule has 2 nitrogen and oxygen atoms in total. The predicted octanol–water partition coefficient (Wildman–Crippen LogP) is 5.06. The van der Waals surface area contributed by atoms with Crippen molar-refractivity contribution in [3.63, 3.8) is 0 Å². The average molecular weight is 302 g/mol. The van der Waals surface area contributed by atoms with Crippen molar-refractivity contribution in [1.82, 2.24) is 0 Å². The molecular formula is C18H22O2S. The summed E-state index contributed by atoms with van der Waals surface area (Å²) in [5, 5.41) is 0. The van der Waals surface area contributed by atoms with Gasteiger partial charge in [-0.25, -0.2) is 0 Å². The van der Waals surface area contributed by atoms with E-state index in [1.54, 1.807) is 11.3 Å². The fourth-order valence-corrected chi connectivity index (χ4v) is 3.46. The maximum absolute atomic E-state index is 12.2. The molecular weight excluding hydrogens is 280 g/mol. The van der Waals surface area contributed by atoms with Crippen molar-refractivity contribution >= 4 is 17.1 Å². The van der Waals surface area contributed by atoms with Crippen LogP contribution in [-0.4, -0.2) is 12.4 Å². The quantitative estimate of drug-likeness (QED) is 0.722. The summed E-state index contributed by atoms with van der Waals surface area (Å²) in [6.45, 7) is 10.5. The molecule has 1 aromatic carbocycles. The summed E-state index contributed by atoms with van der Waals surface area (Å²) in [7, 11) is 0. The Balaban J connectivity index is 2.05. The monoisotopic (exact) mass is 302 g/mol. The van der Waals surface area contributed by atoms with E-state index in [2.05, 4.69) is 26.8 Å². The number of ether oxygens (including phenoxy) is 1. The molecule has 0 spiro atoms. The second-order valence-corrected chi connectivity index (χ2v) is 7.17. The molecule has 0 aliphatic heterocycles. The lowest BCUT2D eigenvalue weighted by Gasteiger charge is -2.12. The van der Waals surface area contributed by atoms with E-state index in [1.165, 1.54) is 11.1 Å². The van der Waals surface area contributed by atoms with Gasteiger partial charge in [-0.05, 0) is 56.0 Å². The summed E-state index contributed by atoms with van der Waals surface area (Å²) in [5.74, 6) is 1.30. The van der Waals surface area contributed by atoms with E-state index >= 15 is 0 Å². The van der Waals surface area contributed by atoms with Crippen LogP contribution < -0.4 is 4.74 Å². The molecule has 0 saturated carbocycles. The van der Waals surface area contributed by atoms with Crippen LogP contribution in [-0.2, 0) is 0 Å². The highest BCUT2D eigenvalue weighted by atomic mass is 32.1. The minimum absolute atomic E-state index is 0.0439. The van der Waals surface area contributed by atoms with E-state index in [1.807, 2.05) is 32.0 Å². The van der Waals surface area contributed by atoms with Gasteiger partial charge in [0.15, 0.2) is 6.61 Å². The Kier molecular flexibility index (Phi) is 4.84. The van der Waals surface area contributed by atoms with Crippen LogP contribution in [0.5, 0.6) is 5.75 Å². The molecule has 0 atom stereocenters. The number of hydrogen-bond acceptors (Lipinski definition) is 3. The van der Waals surface area contributed by atoms with Gasteiger partial charge >= 0.3 is 0 Å². The zero-order chi connectivity index (χ0) is 15.6. The van der Waals surface area contributed by atoms with Crippen molar-refractivity contribution in [2.75, 3.05) is 6.61 Å². The second kappa shape index (κ2) is 6.44. The third-order valence-corrected chi connectivity index (χ3v) is 4.54. The molecule has 0 bridgehead atoms. The molecule has 0 fully saturated rings. The Hall–Kier alpha value is -1.61. The number of carbonyl (C=O) groups is 1. The van der Waals surface area contributed by atoms with Crippen LogP contribution in [0.15, 0.2) is 24.3 Å². The van der Waals surface area contributed by atoms with Gasteiger partial charge in [0.05, 0.1) is 0 Å². The van der Waals surface area contributed by atoms with Gasteiger partial charge in [-0.15, -0.1) is 11.3 Å². The standard InChI is InChI=1S/C18H22O2S/c1-11(2)16-7-6-15(8-12(16)3)20-10-18(19)17-9-13(4)21-14(17)5/h6-9,11H,10H2,1-5H3. The molecule has 3 heteroatoms. The molecule has 112 valence electrons. The van der Waals surface area contributed by atoms with Gasteiger partial charge in [-0.3, -0.25) is 4.79 Å². The fraction of sp³-hybridized carbons (Fsp3) is 0.389. The fourth-order valence-electron chi connectivity index (χ4n) is 2.52. The lowest BCUT2D eigenvalue weighted by molar-refractivity contribution is 0.0921. The molecule has 0 saturated heterocycles. The Morgan fingerprint density at radius 2 is 1.90 bits per heavy atom. The van der Waals surface area contributed by atoms with Gasteiger partial charge in [0, 0.05) is 15.3 Å². The molecule has 1 heterocycles. The molecule has 1 aromatic heterocycles. The first kappa shape index (κ1) is 15.8. The molecule has 0 aliphatic rings. The molecule has 2 aromatic rings. The highest BCUT2D eigenvalue weighted by Crippen LogP contribution is 2.24. The minimum atomic E-state index is 0.0439. The molecule has 2 rings (SSSR count). The molecule has 0 N–H and O–H groups in total. The molecule has 0 radical (unpaired) electrons. The van der Waals surface area contributed by atoms with Crippen LogP contribution in [0.3, 0.4) is 0 Å². The topological polar surface area (TPSA) is 26.3 Å². The van der Waals surface area contributed by atoms with E-state index in [0.717, 1.165) is 21.1 Å². The molecule has 0 amide bonds. The second-order valence-electron chi connectivity index (χ2n) is 5.71. The Bertz CT molecular complexity index is 653. The van der Waals surface area contributed by atoms with Crippen molar-refractivity contribution in [2.24, 2.45) is 0 Å². The Morgan fingerprint density at radius 1 is 1.19 bits per heavy atom. The van der Waals surface area contributed by atoms with Gasteiger partial charge < -0.3 is 4.74 Å². The van der Waals surface area contributed by atoms with Crippen LogP contribution in [0.25, 0.3) is 0 Å². The number of hydrogen-bond donors (Lipinski definition) is 0. The van der Waals surface area contributed by atoms with Gasteiger partial charge in [0.25, 0.3) is 0 Å². The number of ketones is 1. The average Bonchev–Trinajstić information content (AvgIpc) is 2.74. The van der Waals surface area contributed by atoms with Crippen LogP contribution in [0.4, 0.5) is 0 Å². The highest BCUT2D eigenvalue weighted by molar-refractivity contribution is 7.12. The first-order chi connectivity index (χ1) is 9.88. The lowest BCUT2D eigenvalue weighted by Crippen LogP contribution is -2.12. The van der Waals surface area contributed by atoms with Crippen molar-refractivity contribution in [3.05, 3.63) is 50.7 Å². The molecule has 0 aliphatic carbocycles. The first-order valence-electron chi connectivity index (χ1n) is 7.22. The lowest BCUT2D eigenvalue weighted by atomic mass is 9.98. The number of thiophene rings is 1. The first-order valence-corrected chi connectivity index (χ1v) is 8.03. The van der Waals surface area contributed by atoms with Gasteiger partial charge in [-0.1, -0.05) is 19.9 Å². The Morgan fingerprint density at radius 3 is 2.43 bits per heavy atom. The summed E-state index contributed by atoms with van der Waals surface area (Å²) >= 11 is 1.65. The van der Waals surface area contributed by atoms with Crippen molar-refractivity contribution in [2.45, 2.75) is 40.5 Å². The largest absolute Gasteiger partial charge is 0.485 e. The van der Waals surface area contributed by atoms with Crippen LogP contribution >= 0.6 is 11.3 Å². The van der Waals surface area contributed by atoms with Crippen molar-refractivity contribution in [3.8, 4) is 5.75 Å². The maximum Gasteiger partial charge on any atom is 0.201 e. The summed E-state index contributed by atoms with van der Waals surface area (Å²) in [4.78, 5) is 14.4. The van der Waals surface area contributed by atoms with Gasteiger partial charge in [-0.2, -0.15) is 0 Å². The van der Waals surface area contributed by atoms with Gasteiger partial charge in [0.2, 0.25) is 5.78 Å². The number of carbonyl (C=O) groups excluding carboxylic acids is 1. The third-order valence-electron chi connectivity index (χ3n) is 3.57. The summed E-state index contributed by atoms with van der Waals surface area (Å²) < 4.78 is 5.66. The zero-order valence-electron chi connectivity index (χ0n) is 13.3. The van der Waals surface area contributed by atoms with E-state index < -0.39 is 0 Å². The number of aryl methyl sites for hydroxylation is 3. The van der Waals surface area contributed by atoms with Crippen LogP contribution in [0.2, 0.25) is 0 Å². The number of rotatable bonds is 5. The summed E-state index contributed by atoms with van der Waals surface area (Å²) in [5.41, 5.74) is 3.31. The molecule has 21 heavy (non-hydrogen) atoms. The van der Waals surface area contributed by atoms with Crippen molar-refractivity contribution < 1.29 is 9.53 Å². The number of benzene rings is 1. The molecule has 0 unspecified atom stereocenters. The third kappa shape index (κ3) is 3.73. The maximum atomic E-state index is 12.2. The SMILES string of the molecule is Cc1cc(C(=O)COc2ccc(C(C)C)c(C)c2)c(C)s1. The Labute approximate surface area is 130 Å². The highest BCUT2D eigenvalue weighted by Gasteiger charge is 2.13. The smallest absolute Gasteiger partial charge is 0.201 e. The van der Waals surface area contributed by atoms with E-state index in [4.69, 9.17) is 4.74 Å². The zero-order valence-corrected chi connectivity index (χ0v) is 14.1. The predicted molar refractivity (Wildman–Crippen MR) is 88.9 cm³/mol. The van der Waals surface area contributed by atoms with Crippen LogP contribution in [0.1, 0.15) is 51.0 Å². The number of Topliss-reactive ketones (excluding diaryl/α,β-unsaturated/α-hetero) is 1. The van der Waals surface area contributed by atoms with E-state index in [0.29, 0.717) is 5.92 Å². The van der Waals surface area contributed by atoms with Crippen LogP contribution in [0, 0.1) is 20.8 Å². The summed E-state index contributed by atoms with van der Waals surface area (Å²) in [6.07, 6.45) is 0.